The molecule has 6 heteroatoms. The molecule has 3 N–H and O–H groups in total. The molecule has 17 heavy (non-hydrogen) atoms. The molecule has 0 fully saturated rings. The van der Waals surface area contributed by atoms with Crippen molar-refractivity contribution in [2.24, 2.45) is 0 Å². The molecule has 5 nitrogen and oxygen atoms in total. The molecule has 0 aliphatic heterocycles. The van der Waals surface area contributed by atoms with E-state index >= 15 is 0 Å². The van der Waals surface area contributed by atoms with Gasteiger partial charge in [0.1, 0.15) is 5.82 Å². The fourth-order valence-electron chi connectivity index (χ4n) is 1.27. The summed E-state index contributed by atoms with van der Waals surface area (Å²) >= 11 is 3.39. The summed E-state index contributed by atoms with van der Waals surface area (Å²) in [7, 11) is 0. The van der Waals surface area contributed by atoms with Crippen molar-refractivity contribution in [3.05, 3.63) is 40.5 Å². The summed E-state index contributed by atoms with van der Waals surface area (Å²) in [5.74, 6) is 0.738. The van der Waals surface area contributed by atoms with Crippen molar-refractivity contribution in [3.8, 4) is 0 Å². The number of pyridine rings is 1. The highest BCUT2D eigenvalue weighted by atomic mass is 79.9. The lowest BCUT2D eigenvalue weighted by molar-refractivity contribution is 0.975. The van der Waals surface area contributed by atoms with E-state index in [9.17, 15) is 0 Å². The van der Waals surface area contributed by atoms with Crippen LogP contribution in [-0.2, 0) is 6.54 Å². The summed E-state index contributed by atoms with van der Waals surface area (Å²) in [6, 6.07) is 1.80. The molecule has 0 aliphatic carbocycles. The van der Waals surface area contributed by atoms with E-state index in [0.717, 1.165) is 21.7 Å². The Morgan fingerprint density at radius 3 is 2.71 bits per heavy atom. The zero-order valence-electron chi connectivity index (χ0n) is 9.31. The predicted octanol–water partition coefficient (Wildman–Crippen LogP) is 2.14. The Morgan fingerprint density at radius 2 is 2.06 bits per heavy atom. The summed E-state index contributed by atoms with van der Waals surface area (Å²) in [6.45, 7) is 2.48. The highest BCUT2D eigenvalue weighted by Gasteiger charge is 2.02. The number of halogens is 1. The summed E-state index contributed by atoms with van der Waals surface area (Å²) in [5, 5.41) is 3.16. The Morgan fingerprint density at radius 1 is 1.24 bits per heavy atom. The average molecular weight is 294 g/mol. The third-order valence-corrected chi connectivity index (χ3v) is 2.74. The molecule has 0 bridgehead atoms. The third-order valence-electron chi connectivity index (χ3n) is 2.13. The number of hydrogen-bond donors (Lipinski definition) is 2. The highest BCUT2D eigenvalue weighted by Crippen LogP contribution is 2.21. The van der Waals surface area contributed by atoms with Crippen LogP contribution in [-0.4, -0.2) is 15.0 Å². The van der Waals surface area contributed by atoms with Gasteiger partial charge in [-0.25, -0.2) is 4.98 Å². The molecule has 0 unspecified atom stereocenters. The number of nitrogen functional groups attached to an aromatic ring is 1. The first-order valence-corrected chi connectivity index (χ1v) is 5.87. The number of aryl methyl sites for hydroxylation is 1. The van der Waals surface area contributed by atoms with Gasteiger partial charge in [-0.05, 0) is 28.9 Å². The number of aromatic nitrogens is 3. The van der Waals surface area contributed by atoms with Crippen LogP contribution in [0.5, 0.6) is 0 Å². The predicted molar refractivity (Wildman–Crippen MR) is 70.4 cm³/mol. The number of anilines is 2. The van der Waals surface area contributed by atoms with Gasteiger partial charge in [0.25, 0.3) is 0 Å². The van der Waals surface area contributed by atoms with Gasteiger partial charge < -0.3 is 11.1 Å². The van der Waals surface area contributed by atoms with Gasteiger partial charge >= 0.3 is 0 Å². The van der Waals surface area contributed by atoms with Crippen LogP contribution in [0.1, 0.15) is 11.4 Å². The lowest BCUT2D eigenvalue weighted by Gasteiger charge is -2.07. The minimum atomic E-state index is 0.572. The fraction of sp³-hybridized carbons (Fsp3) is 0.182. The quantitative estimate of drug-likeness (QED) is 0.907. The topological polar surface area (TPSA) is 76.7 Å². The second kappa shape index (κ2) is 5.09. The maximum absolute atomic E-state index is 5.61. The molecule has 2 heterocycles. The zero-order valence-corrected chi connectivity index (χ0v) is 10.9. The molecule has 0 amide bonds. The van der Waals surface area contributed by atoms with Crippen molar-refractivity contribution in [1.82, 2.24) is 15.0 Å². The number of nitrogens with zero attached hydrogens (tertiary/aromatic N) is 3. The monoisotopic (exact) mass is 293 g/mol. The number of nitrogens with two attached hydrogens (primary N) is 1. The third kappa shape index (κ3) is 3.13. The van der Waals surface area contributed by atoms with E-state index in [0.29, 0.717) is 12.2 Å². The van der Waals surface area contributed by atoms with Gasteiger partial charge in [-0.1, -0.05) is 0 Å². The van der Waals surface area contributed by atoms with E-state index in [1.807, 2.05) is 6.92 Å². The van der Waals surface area contributed by atoms with E-state index in [2.05, 4.69) is 36.2 Å². The van der Waals surface area contributed by atoms with Crippen molar-refractivity contribution in [3.63, 3.8) is 0 Å². The molecule has 2 rings (SSSR count). The smallest absolute Gasteiger partial charge is 0.140 e. The van der Waals surface area contributed by atoms with Crippen LogP contribution in [0.15, 0.2) is 29.1 Å². The van der Waals surface area contributed by atoms with E-state index in [1.54, 1.807) is 24.7 Å². The van der Waals surface area contributed by atoms with Gasteiger partial charge in [-0.2, -0.15) is 0 Å². The minimum absolute atomic E-state index is 0.572. The molecule has 0 aliphatic rings. The van der Waals surface area contributed by atoms with E-state index in [1.165, 1.54) is 0 Å². The summed E-state index contributed by atoms with van der Waals surface area (Å²) in [4.78, 5) is 12.6. The SMILES string of the molecule is Cc1cnc(CNc2ncc(N)cc2Br)cn1. The Kier molecular flexibility index (Phi) is 3.53. The van der Waals surface area contributed by atoms with Crippen LogP contribution in [0.4, 0.5) is 11.5 Å². The molecule has 0 aromatic carbocycles. The lowest BCUT2D eigenvalue weighted by Crippen LogP contribution is -2.05. The van der Waals surface area contributed by atoms with E-state index < -0.39 is 0 Å². The Bertz CT molecular complexity index is 512. The van der Waals surface area contributed by atoms with E-state index in [4.69, 9.17) is 5.73 Å². The van der Waals surface area contributed by atoms with Gasteiger partial charge in [0.05, 0.1) is 40.5 Å². The van der Waals surface area contributed by atoms with Crippen molar-refractivity contribution in [2.45, 2.75) is 13.5 Å². The molecule has 2 aromatic rings. The van der Waals surface area contributed by atoms with Gasteiger partial charge in [0.15, 0.2) is 0 Å². The molecule has 0 saturated carbocycles. The first-order valence-electron chi connectivity index (χ1n) is 5.07. The number of rotatable bonds is 3. The zero-order chi connectivity index (χ0) is 12.3. The van der Waals surface area contributed by atoms with Crippen LogP contribution in [0.2, 0.25) is 0 Å². The van der Waals surface area contributed by atoms with Crippen LogP contribution in [0.3, 0.4) is 0 Å². The second-order valence-corrected chi connectivity index (χ2v) is 4.46. The molecule has 88 valence electrons. The summed E-state index contributed by atoms with van der Waals surface area (Å²) < 4.78 is 0.831. The first-order chi connectivity index (χ1) is 8.15. The maximum Gasteiger partial charge on any atom is 0.140 e. The average Bonchev–Trinajstić information content (AvgIpc) is 2.30. The molecule has 0 radical (unpaired) electrons. The molecule has 0 atom stereocenters. The molecule has 0 saturated heterocycles. The first kappa shape index (κ1) is 11.8. The Hall–Kier alpha value is -1.69. The number of hydrogen-bond acceptors (Lipinski definition) is 5. The van der Waals surface area contributed by atoms with Gasteiger partial charge in [0, 0.05) is 6.20 Å². The fourth-order valence-corrected chi connectivity index (χ4v) is 1.77. The second-order valence-electron chi connectivity index (χ2n) is 3.60. The van der Waals surface area contributed by atoms with Crippen LogP contribution >= 0.6 is 15.9 Å². The highest BCUT2D eigenvalue weighted by molar-refractivity contribution is 9.10. The maximum atomic E-state index is 5.61. The normalized spacial score (nSPS) is 10.2. The standard InChI is InChI=1S/C11H12BrN5/c1-7-3-15-9(5-14-7)6-17-11-10(12)2-8(13)4-16-11/h2-5H,6,13H2,1H3,(H,16,17). The molecular weight excluding hydrogens is 282 g/mol. The minimum Gasteiger partial charge on any atom is -0.397 e. The van der Waals surface area contributed by atoms with Crippen LogP contribution < -0.4 is 11.1 Å². The Balaban J connectivity index is 2.04. The summed E-state index contributed by atoms with van der Waals surface area (Å²) in [5.41, 5.74) is 8.00. The van der Waals surface area contributed by atoms with Crippen LogP contribution in [0, 0.1) is 6.92 Å². The van der Waals surface area contributed by atoms with Crippen molar-refractivity contribution < 1.29 is 0 Å². The molecular formula is C11H12BrN5. The van der Waals surface area contributed by atoms with Gasteiger partial charge in [-0.15, -0.1) is 0 Å². The molecule has 2 aromatic heterocycles. The molecule has 0 spiro atoms. The van der Waals surface area contributed by atoms with Crippen molar-refractivity contribution >= 4 is 27.4 Å². The van der Waals surface area contributed by atoms with Gasteiger partial charge in [0.2, 0.25) is 0 Å². The van der Waals surface area contributed by atoms with Crippen molar-refractivity contribution in [1.29, 1.82) is 0 Å². The summed E-state index contributed by atoms with van der Waals surface area (Å²) in [6.07, 6.45) is 5.09. The Labute approximate surface area is 108 Å². The van der Waals surface area contributed by atoms with E-state index in [-0.39, 0.29) is 0 Å². The number of nitrogens with one attached hydrogen (secondary N) is 1. The van der Waals surface area contributed by atoms with Crippen LogP contribution in [0.25, 0.3) is 0 Å². The largest absolute Gasteiger partial charge is 0.397 e. The van der Waals surface area contributed by atoms with Gasteiger partial charge in [-0.3, -0.25) is 9.97 Å². The lowest BCUT2D eigenvalue weighted by atomic mass is 10.4. The van der Waals surface area contributed by atoms with Crippen molar-refractivity contribution in [2.75, 3.05) is 11.1 Å².